The highest BCUT2D eigenvalue weighted by Gasteiger charge is 2.28. The molecular weight excluding hydrogens is 268 g/mol. The van der Waals surface area contributed by atoms with E-state index in [0.29, 0.717) is 32.8 Å². The van der Waals surface area contributed by atoms with Crippen LogP contribution in [0, 0.1) is 0 Å². The van der Waals surface area contributed by atoms with E-state index in [2.05, 4.69) is 0 Å². The van der Waals surface area contributed by atoms with E-state index < -0.39 is 5.97 Å². The molecular formula is C12H20N2O4S. The SMILES string of the molecule is O=C(O)CC1CSCCN1CC(=O)N1CCOCC1. The molecule has 0 spiro atoms. The largest absolute Gasteiger partial charge is 0.481 e. The number of ether oxygens (including phenoxy) is 1. The summed E-state index contributed by atoms with van der Waals surface area (Å²) in [6.45, 7) is 3.60. The Bertz CT molecular complexity index is 334. The van der Waals surface area contributed by atoms with Gasteiger partial charge in [0.2, 0.25) is 5.91 Å². The third kappa shape index (κ3) is 4.36. The molecule has 6 nitrogen and oxygen atoms in total. The average Bonchev–Trinajstić information content (AvgIpc) is 2.41. The second-order valence-corrected chi connectivity index (χ2v) is 5.94. The maximum Gasteiger partial charge on any atom is 0.304 e. The van der Waals surface area contributed by atoms with Crippen LogP contribution < -0.4 is 0 Å². The van der Waals surface area contributed by atoms with Crippen molar-refractivity contribution < 1.29 is 19.4 Å². The fourth-order valence-electron chi connectivity index (χ4n) is 2.37. The average molecular weight is 288 g/mol. The topological polar surface area (TPSA) is 70.1 Å². The minimum Gasteiger partial charge on any atom is -0.481 e. The van der Waals surface area contributed by atoms with Crippen LogP contribution in [0.5, 0.6) is 0 Å². The highest BCUT2D eigenvalue weighted by Crippen LogP contribution is 2.19. The molecule has 7 heteroatoms. The molecule has 1 unspecified atom stereocenters. The summed E-state index contributed by atoms with van der Waals surface area (Å²) in [5, 5.41) is 8.92. The molecule has 2 saturated heterocycles. The summed E-state index contributed by atoms with van der Waals surface area (Å²) in [5.74, 6) is 1.05. The molecule has 0 radical (unpaired) electrons. The number of carboxylic acid groups (broad SMARTS) is 1. The van der Waals surface area contributed by atoms with Gasteiger partial charge < -0.3 is 14.7 Å². The van der Waals surface area contributed by atoms with E-state index >= 15 is 0 Å². The number of nitrogens with zero attached hydrogens (tertiary/aromatic N) is 2. The Kier molecular flexibility index (Phi) is 5.47. The quantitative estimate of drug-likeness (QED) is 0.768. The minimum absolute atomic E-state index is 0.0266. The number of rotatable bonds is 4. The summed E-state index contributed by atoms with van der Waals surface area (Å²) in [7, 11) is 0. The van der Waals surface area contributed by atoms with Gasteiger partial charge in [-0.15, -0.1) is 0 Å². The third-order valence-electron chi connectivity index (χ3n) is 3.46. The van der Waals surface area contributed by atoms with Crippen LogP contribution in [-0.4, -0.2) is 83.7 Å². The smallest absolute Gasteiger partial charge is 0.304 e. The van der Waals surface area contributed by atoms with Crippen LogP contribution >= 0.6 is 11.8 Å². The van der Waals surface area contributed by atoms with Gasteiger partial charge in [0.1, 0.15) is 0 Å². The molecule has 0 bridgehead atoms. The van der Waals surface area contributed by atoms with Crippen molar-refractivity contribution in [2.24, 2.45) is 0 Å². The van der Waals surface area contributed by atoms with Crippen molar-refractivity contribution in [1.29, 1.82) is 0 Å². The number of hydrogen-bond acceptors (Lipinski definition) is 5. The Morgan fingerprint density at radius 3 is 2.68 bits per heavy atom. The number of carbonyl (C=O) groups excluding carboxylic acids is 1. The fraction of sp³-hybridized carbons (Fsp3) is 0.833. The molecule has 2 aliphatic heterocycles. The summed E-state index contributed by atoms with van der Waals surface area (Å²) in [6.07, 6.45) is 0.114. The first-order chi connectivity index (χ1) is 9.16. The minimum atomic E-state index is -0.795. The molecule has 2 heterocycles. The van der Waals surface area contributed by atoms with E-state index in [1.165, 1.54) is 0 Å². The van der Waals surface area contributed by atoms with Crippen molar-refractivity contribution in [3.63, 3.8) is 0 Å². The molecule has 0 aliphatic carbocycles. The van der Waals surface area contributed by atoms with E-state index in [0.717, 1.165) is 18.1 Å². The van der Waals surface area contributed by atoms with Gasteiger partial charge in [-0.2, -0.15) is 11.8 Å². The Morgan fingerprint density at radius 1 is 1.26 bits per heavy atom. The lowest BCUT2D eigenvalue weighted by molar-refractivity contribution is -0.141. The monoisotopic (exact) mass is 288 g/mol. The van der Waals surface area contributed by atoms with Gasteiger partial charge in [0, 0.05) is 37.2 Å². The zero-order chi connectivity index (χ0) is 13.7. The molecule has 1 atom stereocenters. The number of carbonyl (C=O) groups is 2. The van der Waals surface area contributed by atoms with Gasteiger partial charge in [-0.1, -0.05) is 0 Å². The third-order valence-corrected chi connectivity index (χ3v) is 4.55. The van der Waals surface area contributed by atoms with E-state index in [1.807, 2.05) is 9.80 Å². The van der Waals surface area contributed by atoms with Crippen molar-refractivity contribution >= 4 is 23.6 Å². The predicted molar refractivity (Wildman–Crippen MR) is 72.3 cm³/mol. The van der Waals surface area contributed by atoms with Crippen LogP contribution in [0.4, 0.5) is 0 Å². The molecule has 0 aromatic rings. The zero-order valence-corrected chi connectivity index (χ0v) is 11.7. The van der Waals surface area contributed by atoms with Crippen molar-refractivity contribution in [3.05, 3.63) is 0 Å². The molecule has 2 fully saturated rings. The molecule has 0 saturated carbocycles. The maximum absolute atomic E-state index is 12.2. The molecule has 108 valence electrons. The lowest BCUT2D eigenvalue weighted by atomic mass is 10.2. The zero-order valence-electron chi connectivity index (χ0n) is 10.9. The van der Waals surface area contributed by atoms with Crippen LogP contribution in [-0.2, 0) is 14.3 Å². The van der Waals surface area contributed by atoms with E-state index in [9.17, 15) is 9.59 Å². The van der Waals surface area contributed by atoms with E-state index in [-0.39, 0.29) is 18.4 Å². The summed E-state index contributed by atoms with van der Waals surface area (Å²) in [4.78, 5) is 26.8. The van der Waals surface area contributed by atoms with Gasteiger partial charge >= 0.3 is 5.97 Å². The first-order valence-corrected chi connectivity index (χ1v) is 7.71. The van der Waals surface area contributed by atoms with E-state index in [1.54, 1.807) is 11.8 Å². The number of aliphatic carboxylic acids is 1. The molecule has 0 aromatic carbocycles. The first kappa shape index (κ1) is 14.6. The number of hydrogen-bond donors (Lipinski definition) is 1. The van der Waals surface area contributed by atoms with Crippen molar-refractivity contribution in [1.82, 2.24) is 9.80 Å². The lowest BCUT2D eigenvalue weighted by Gasteiger charge is -2.36. The van der Waals surface area contributed by atoms with E-state index in [4.69, 9.17) is 9.84 Å². The fourth-order valence-corrected chi connectivity index (χ4v) is 3.50. The first-order valence-electron chi connectivity index (χ1n) is 6.56. The van der Waals surface area contributed by atoms with Gasteiger partial charge in [0.05, 0.1) is 26.2 Å². The second kappa shape index (κ2) is 7.12. The number of thioether (sulfide) groups is 1. The van der Waals surface area contributed by atoms with Crippen molar-refractivity contribution in [3.8, 4) is 0 Å². The number of carboxylic acids is 1. The van der Waals surface area contributed by atoms with Crippen molar-refractivity contribution in [2.75, 3.05) is 50.9 Å². The van der Waals surface area contributed by atoms with Crippen LogP contribution in [0.25, 0.3) is 0 Å². The van der Waals surface area contributed by atoms with Crippen LogP contribution in [0.3, 0.4) is 0 Å². The predicted octanol–water partition coefficient (Wildman–Crippen LogP) is -0.263. The molecule has 0 aromatic heterocycles. The van der Waals surface area contributed by atoms with Gasteiger partial charge in [-0.05, 0) is 0 Å². The Balaban J connectivity index is 1.87. The molecule has 1 N–H and O–H groups in total. The normalized spacial score (nSPS) is 25.3. The van der Waals surface area contributed by atoms with Gasteiger partial charge in [0.25, 0.3) is 0 Å². The molecule has 2 aliphatic rings. The summed E-state index contributed by atoms with van der Waals surface area (Å²) >= 11 is 1.76. The molecule has 19 heavy (non-hydrogen) atoms. The van der Waals surface area contributed by atoms with Crippen LogP contribution in [0.15, 0.2) is 0 Å². The number of amides is 1. The Labute approximate surface area is 117 Å². The molecule has 2 rings (SSSR count). The summed E-state index contributed by atoms with van der Waals surface area (Å²) in [5.41, 5.74) is 0. The van der Waals surface area contributed by atoms with Crippen molar-refractivity contribution in [2.45, 2.75) is 12.5 Å². The Morgan fingerprint density at radius 2 is 2.00 bits per heavy atom. The van der Waals surface area contributed by atoms with Gasteiger partial charge in [-0.25, -0.2) is 0 Å². The highest BCUT2D eigenvalue weighted by molar-refractivity contribution is 7.99. The standard InChI is InChI=1S/C12H20N2O4S/c15-11(13-1-4-18-5-2-13)8-14-3-6-19-9-10(14)7-12(16)17/h10H,1-9H2,(H,16,17). The Hall–Kier alpha value is -0.790. The lowest BCUT2D eigenvalue weighted by Crippen LogP contribution is -2.51. The highest BCUT2D eigenvalue weighted by atomic mass is 32.2. The van der Waals surface area contributed by atoms with Crippen LogP contribution in [0.1, 0.15) is 6.42 Å². The molecule has 1 amide bonds. The number of morpholine rings is 1. The second-order valence-electron chi connectivity index (χ2n) is 4.79. The summed E-state index contributed by atoms with van der Waals surface area (Å²) in [6, 6.07) is -0.0266. The van der Waals surface area contributed by atoms with Gasteiger partial charge in [-0.3, -0.25) is 14.5 Å². The van der Waals surface area contributed by atoms with Gasteiger partial charge in [0.15, 0.2) is 0 Å². The summed E-state index contributed by atoms with van der Waals surface area (Å²) < 4.78 is 5.23. The maximum atomic E-state index is 12.2. The van der Waals surface area contributed by atoms with Crippen LogP contribution in [0.2, 0.25) is 0 Å².